The van der Waals surface area contributed by atoms with Crippen molar-refractivity contribution in [2.75, 3.05) is 12.4 Å². The third-order valence-electron chi connectivity index (χ3n) is 4.33. The number of carbonyl (C=O) groups is 1. The molecule has 0 aromatic heterocycles. The number of nitrogens with one attached hydrogen (secondary N) is 2. The molecule has 0 aliphatic carbocycles. The average Bonchev–Trinajstić information content (AvgIpc) is 2.70. The van der Waals surface area contributed by atoms with Crippen molar-refractivity contribution in [3.8, 4) is 17.2 Å². The molecule has 0 radical (unpaired) electrons. The summed E-state index contributed by atoms with van der Waals surface area (Å²) < 4.78 is 10.9. The predicted molar refractivity (Wildman–Crippen MR) is 111 cm³/mol. The maximum Gasteiger partial charge on any atom is 0.319 e. The van der Waals surface area contributed by atoms with Gasteiger partial charge in [0.15, 0.2) is 0 Å². The summed E-state index contributed by atoms with van der Waals surface area (Å²) in [6.07, 6.45) is 0. The molecule has 0 bridgehead atoms. The Kier molecular flexibility index (Phi) is 5.84. The van der Waals surface area contributed by atoms with Crippen molar-refractivity contribution in [3.05, 3.63) is 84.4 Å². The van der Waals surface area contributed by atoms with Crippen LogP contribution in [0.4, 0.5) is 10.5 Å². The SMILES string of the molecule is COc1ccc(C(C)(C)NC(=O)Nc2ccc(Oc3ccccc3)cc2)cc1. The Morgan fingerprint density at radius 2 is 1.36 bits per heavy atom. The van der Waals surface area contributed by atoms with Crippen molar-refractivity contribution in [2.45, 2.75) is 19.4 Å². The van der Waals surface area contributed by atoms with Crippen LogP contribution < -0.4 is 20.1 Å². The van der Waals surface area contributed by atoms with E-state index in [1.807, 2.05) is 80.6 Å². The lowest BCUT2D eigenvalue weighted by Crippen LogP contribution is -2.43. The van der Waals surface area contributed by atoms with Gasteiger partial charge in [-0.05, 0) is 67.9 Å². The number of ether oxygens (including phenoxy) is 2. The molecule has 5 heteroatoms. The quantitative estimate of drug-likeness (QED) is 0.593. The summed E-state index contributed by atoms with van der Waals surface area (Å²) in [7, 11) is 1.63. The van der Waals surface area contributed by atoms with Gasteiger partial charge in [0, 0.05) is 5.69 Å². The van der Waals surface area contributed by atoms with Gasteiger partial charge in [0.1, 0.15) is 17.2 Å². The first-order chi connectivity index (χ1) is 13.5. The van der Waals surface area contributed by atoms with E-state index in [0.29, 0.717) is 11.4 Å². The summed E-state index contributed by atoms with van der Waals surface area (Å²) >= 11 is 0. The smallest absolute Gasteiger partial charge is 0.319 e. The Morgan fingerprint density at radius 1 is 0.786 bits per heavy atom. The summed E-state index contributed by atoms with van der Waals surface area (Å²) in [5, 5.41) is 5.84. The minimum Gasteiger partial charge on any atom is -0.497 e. The number of hydrogen-bond donors (Lipinski definition) is 2. The summed E-state index contributed by atoms with van der Waals surface area (Å²) in [5.74, 6) is 2.25. The Balaban J connectivity index is 1.59. The van der Waals surface area contributed by atoms with Crippen LogP contribution >= 0.6 is 0 Å². The highest BCUT2D eigenvalue weighted by molar-refractivity contribution is 5.89. The predicted octanol–water partition coefficient (Wildman–Crippen LogP) is 5.54. The topological polar surface area (TPSA) is 59.6 Å². The van der Waals surface area contributed by atoms with Crippen molar-refractivity contribution >= 4 is 11.7 Å². The highest BCUT2D eigenvalue weighted by Gasteiger charge is 2.22. The summed E-state index contributed by atoms with van der Waals surface area (Å²) in [5.41, 5.74) is 1.13. The molecular weight excluding hydrogens is 352 g/mol. The number of anilines is 1. The van der Waals surface area contributed by atoms with Gasteiger partial charge in [-0.1, -0.05) is 30.3 Å². The van der Waals surface area contributed by atoms with Crippen LogP contribution in [0.15, 0.2) is 78.9 Å². The van der Waals surface area contributed by atoms with Crippen LogP contribution in [0.1, 0.15) is 19.4 Å². The number of hydrogen-bond acceptors (Lipinski definition) is 3. The van der Waals surface area contributed by atoms with Crippen LogP contribution in [-0.2, 0) is 5.54 Å². The number of benzene rings is 3. The van der Waals surface area contributed by atoms with E-state index in [2.05, 4.69) is 10.6 Å². The summed E-state index contributed by atoms with van der Waals surface area (Å²) in [6, 6.07) is 24.1. The molecule has 2 N–H and O–H groups in total. The minimum absolute atomic E-state index is 0.280. The molecule has 5 nitrogen and oxygen atoms in total. The van der Waals surface area contributed by atoms with Gasteiger partial charge >= 0.3 is 6.03 Å². The molecule has 0 aliphatic rings. The van der Waals surface area contributed by atoms with Gasteiger partial charge in [0.25, 0.3) is 0 Å². The van der Waals surface area contributed by atoms with Crippen LogP contribution in [0.25, 0.3) is 0 Å². The number of amides is 2. The first-order valence-corrected chi connectivity index (χ1v) is 9.03. The number of para-hydroxylation sites is 1. The zero-order chi connectivity index (χ0) is 20.0. The van der Waals surface area contributed by atoms with Crippen LogP contribution in [0.3, 0.4) is 0 Å². The standard InChI is InChI=1S/C23H24N2O3/c1-23(2,17-9-13-19(27-3)14-10-17)25-22(26)24-18-11-15-21(16-12-18)28-20-7-5-4-6-8-20/h4-16H,1-3H3,(H2,24,25,26). The molecule has 3 aromatic rings. The fourth-order valence-corrected chi connectivity index (χ4v) is 2.76. The molecule has 0 spiro atoms. The van der Waals surface area contributed by atoms with E-state index in [1.54, 1.807) is 19.2 Å². The Bertz CT molecular complexity index is 905. The largest absolute Gasteiger partial charge is 0.497 e. The number of carbonyl (C=O) groups excluding carboxylic acids is 1. The van der Waals surface area contributed by atoms with E-state index in [4.69, 9.17) is 9.47 Å². The van der Waals surface area contributed by atoms with Gasteiger partial charge in [-0.25, -0.2) is 4.79 Å². The molecule has 0 fully saturated rings. The zero-order valence-corrected chi connectivity index (χ0v) is 16.2. The molecule has 0 saturated carbocycles. The molecule has 0 atom stereocenters. The van der Waals surface area contributed by atoms with E-state index in [-0.39, 0.29) is 6.03 Å². The minimum atomic E-state index is -0.535. The lowest BCUT2D eigenvalue weighted by atomic mass is 9.94. The van der Waals surface area contributed by atoms with Crippen molar-refractivity contribution in [1.29, 1.82) is 0 Å². The summed E-state index contributed by atoms with van der Waals surface area (Å²) in [6.45, 7) is 3.90. The second-order valence-corrected chi connectivity index (χ2v) is 6.87. The van der Waals surface area contributed by atoms with E-state index in [0.717, 1.165) is 17.1 Å². The highest BCUT2D eigenvalue weighted by atomic mass is 16.5. The monoisotopic (exact) mass is 376 g/mol. The lowest BCUT2D eigenvalue weighted by molar-refractivity contribution is 0.242. The first kappa shape index (κ1) is 19.3. The Labute approximate surface area is 165 Å². The lowest BCUT2D eigenvalue weighted by Gasteiger charge is -2.27. The molecule has 0 saturated heterocycles. The van der Waals surface area contributed by atoms with Crippen LogP contribution in [0, 0.1) is 0 Å². The number of rotatable bonds is 6. The van der Waals surface area contributed by atoms with Gasteiger partial charge in [-0.3, -0.25) is 0 Å². The Morgan fingerprint density at radius 3 is 1.96 bits per heavy atom. The van der Waals surface area contributed by atoms with Gasteiger partial charge in [0.2, 0.25) is 0 Å². The maximum absolute atomic E-state index is 12.4. The van der Waals surface area contributed by atoms with Crippen LogP contribution in [0.5, 0.6) is 17.2 Å². The third-order valence-corrected chi connectivity index (χ3v) is 4.33. The molecule has 28 heavy (non-hydrogen) atoms. The van der Waals surface area contributed by atoms with Crippen molar-refractivity contribution in [3.63, 3.8) is 0 Å². The average molecular weight is 376 g/mol. The van der Waals surface area contributed by atoms with E-state index in [1.165, 1.54) is 0 Å². The molecule has 0 heterocycles. The van der Waals surface area contributed by atoms with Gasteiger partial charge in [-0.15, -0.1) is 0 Å². The third kappa shape index (κ3) is 5.04. The molecule has 0 aliphatic heterocycles. The summed E-state index contributed by atoms with van der Waals surface area (Å²) in [4.78, 5) is 12.4. The normalized spacial score (nSPS) is 10.8. The molecule has 144 valence electrons. The second-order valence-electron chi connectivity index (χ2n) is 6.87. The number of urea groups is 1. The van der Waals surface area contributed by atoms with E-state index in [9.17, 15) is 4.79 Å². The fourth-order valence-electron chi connectivity index (χ4n) is 2.76. The van der Waals surface area contributed by atoms with Gasteiger partial charge < -0.3 is 20.1 Å². The van der Waals surface area contributed by atoms with Gasteiger partial charge in [-0.2, -0.15) is 0 Å². The van der Waals surface area contributed by atoms with Crippen LogP contribution in [-0.4, -0.2) is 13.1 Å². The maximum atomic E-state index is 12.4. The van der Waals surface area contributed by atoms with E-state index >= 15 is 0 Å². The molecule has 0 unspecified atom stereocenters. The molecule has 3 rings (SSSR count). The van der Waals surface area contributed by atoms with Crippen molar-refractivity contribution in [2.24, 2.45) is 0 Å². The zero-order valence-electron chi connectivity index (χ0n) is 16.2. The van der Waals surface area contributed by atoms with Crippen molar-refractivity contribution < 1.29 is 14.3 Å². The first-order valence-electron chi connectivity index (χ1n) is 9.03. The van der Waals surface area contributed by atoms with Crippen LogP contribution in [0.2, 0.25) is 0 Å². The molecule has 2 amide bonds. The molecular formula is C23H24N2O3. The highest BCUT2D eigenvalue weighted by Crippen LogP contribution is 2.24. The molecule has 3 aromatic carbocycles. The second kappa shape index (κ2) is 8.48. The van der Waals surface area contributed by atoms with Crippen molar-refractivity contribution in [1.82, 2.24) is 5.32 Å². The van der Waals surface area contributed by atoms with E-state index < -0.39 is 5.54 Å². The fraction of sp³-hybridized carbons (Fsp3) is 0.174. The Hall–Kier alpha value is -3.47. The van der Waals surface area contributed by atoms with Gasteiger partial charge in [0.05, 0.1) is 12.6 Å². The number of methoxy groups -OCH3 is 1.